The van der Waals surface area contributed by atoms with Gasteiger partial charge in [0, 0.05) is 28.6 Å². The molecule has 134 valence electrons. The van der Waals surface area contributed by atoms with E-state index in [9.17, 15) is 13.2 Å². The number of rotatable bonds is 2. The number of benzene rings is 2. The molecule has 0 aromatic heterocycles. The molecule has 2 aliphatic rings. The van der Waals surface area contributed by atoms with Crippen LogP contribution in [0.2, 0.25) is 5.02 Å². The van der Waals surface area contributed by atoms with E-state index in [0.29, 0.717) is 34.0 Å². The number of carbonyl (C=O) groups excluding carboxylic acids is 1. The van der Waals surface area contributed by atoms with Crippen molar-refractivity contribution in [1.29, 1.82) is 0 Å². The number of halogens is 1. The summed E-state index contributed by atoms with van der Waals surface area (Å²) in [6.45, 7) is 0. The van der Waals surface area contributed by atoms with E-state index in [0.717, 1.165) is 5.56 Å². The molecule has 2 aromatic carbocycles. The monoisotopic (exact) mass is 392 g/mol. The summed E-state index contributed by atoms with van der Waals surface area (Å²) in [5.41, 5.74) is 2.93. The highest BCUT2D eigenvalue weighted by Gasteiger charge is 2.39. The fraction of sp³-hybridized carbons (Fsp3) is 0.176. The van der Waals surface area contributed by atoms with Gasteiger partial charge >= 0.3 is 10.4 Å². The Morgan fingerprint density at radius 2 is 1.92 bits per heavy atom. The molecule has 1 amide bonds. The molecule has 26 heavy (non-hydrogen) atoms. The zero-order valence-corrected chi connectivity index (χ0v) is 14.9. The summed E-state index contributed by atoms with van der Waals surface area (Å²) in [5.74, 6) is -0.143. The van der Waals surface area contributed by atoms with Gasteiger partial charge in [-0.15, -0.1) is 0 Å². The lowest BCUT2D eigenvalue weighted by molar-refractivity contribution is 0.0967. The van der Waals surface area contributed by atoms with Gasteiger partial charge in [-0.25, -0.2) is 4.28 Å². The third-order valence-electron chi connectivity index (χ3n) is 4.49. The lowest BCUT2D eigenvalue weighted by atomic mass is 9.85. The number of oxime groups is 1. The fourth-order valence-corrected chi connectivity index (χ4v) is 3.83. The van der Waals surface area contributed by atoms with Crippen molar-refractivity contribution in [2.24, 2.45) is 5.16 Å². The summed E-state index contributed by atoms with van der Waals surface area (Å²) < 4.78 is 34.8. The zero-order valence-electron chi connectivity index (χ0n) is 13.3. The van der Waals surface area contributed by atoms with Gasteiger partial charge in [0.2, 0.25) is 0 Å². The molecule has 2 heterocycles. The Balaban J connectivity index is 1.85. The summed E-state index contributed by atoms with van der Waals surface area (Å²) >= 11 is 6.11. The van der Waals surface area contributed by atoms with Gasteiger partial charge < -0.3 is 4.90 Å². The molecule has 1 unspecified atom stereocenters. The molecule has 0 aliphatic carbocycles. The van der Waals surface area contributed by atoms with E-state index in [1.54, 1.807) is 29.2 Å². The zero-order chi connectivity index (χ0) is 18.5. The van der Waals surface area contributed by atoms with Gasteiger partial charge in [0.15, 0.2) is 0 Å². The second-order valence-corrected chi connectivity index (χ2v) is 7.54. The maximum Gasteiger partial charge on any atom is 0.466 e. The molecule has 4 rings (SSSR count). The lowest BCUT2D eigenvalue weighted by Crippen LogP contribution is -2.50. The number of nitrogens with zero attached hydrogens (tertiary/aromatic N) is 2. The maximum atomic E-state index is 13.0. The quantitative estimate of drug-likeness (QED) is 0.626. The Bertz CT molecular complexity index is 1050. The molecule has 7 nitrogen and oxygen atoms in total. The van der Waals surface area contributed by atoms with Crippen molar-refractivity contribution in [2.75, 3.05) is 4.90 Å². The first-order chi connectivity index (χ1) is 12.3. The first-order valence-corrected chi connectivity index (χ1v) is 9.52. The average Bonchev–Trinajstić information content (AvgIpc) is 2.58. The van der Waals surface area contributed by atoms with Crippen LogP contribution >= 0.6 is 11.6 Å². The van der Waals surface area contributed by atoms with Crippen LogP contribution in [0, 0.1) is 0 Å². The summed E-state index contributed by atoms with van der Waals surface area (Å²) in [6, 6.07) is 12.0. The minimum Gasteiger partial charge on any atom is -0.304 e. The van der Waals surface area contributed by atoms with Crippen LogP contribution in [-0.2, 0) is 21.1 Å². The molecule has 0 bridgehead atoms. The molecule has 2 aromatic rings. The Hall–Kier alpha value is -2.42. The third-order valence-corrected chi connectivity index (χ3v) is 4.99. The summed E-state index contributed by atoms with van der Waals surface area (Å²) in [4.78, 5) is 14.7. The normalized spacial score (nSPS) is 20.4. The molecule has 0 fully saturated rings. The highest BCUT2D eigenvalue weighted by Crippen LogP contribution is 2.38. The van der Waals surface area contributed by atoms with Crippen molar-refractivity contribution in [2.45, 2.75) is 18.9 Å². The predicted octanol–water partition coefficient (Wildman–Crippen LogP) is 2.84. The van der Waals surface area contributed by atoms with E-state index in [-0.39, 0.29) is 18.4 Å². The highest BCUT2D eigenvalue weighted by molar-refractivity contribution is 7.80. The molecule has 2 aliphatic heterocycles. The average molecular weight is 393 g/mol. The largest absolute Gasteiger partial charge is 0.466 e. The van der Waals surface area contributed by atoms with Crippen molar-refractivity contribution in [3.05, 3.63) is 64.2 Å². The van der Waals surface area contributed by atoms with Gasteiger partial charge in [-0.3, -0.25) is 9.35 Å². The second-order valence-electron chi connectivity index (χ2n) is 6.10. The van der Waals surface area contributed by atoms with Gasteiger partial charge in [0.1, 0.15) is 0 Å². The molecule has 1 atom stereocenters. The summed E-state index contributed by atoms with van der Waals surface area (Å²) in [5, 5.41) is 4.03. The number of anilines is 1. The van der Waals surface area contributed by atoms with Crippen LogP contribution in [0.1, 0.15) is 27.9 Å². The van der Waals surface area contributed by atoms with Crippen LogP contribution in [0.15, 0.2) is 47.6 Å². The molecule has 0 spiro atoms. The minimum absolute atomic E-state index is 0.143. The SMILES string of the molecule is O=C1c2ccccc2CC2C/C(=N\OS(=O)(=O)O)c3ccc(Cl)cc3N12. The van der Waals surface area contributed by atoms with Crippen LogP contribution < -0.4 is 4.90 Å². The van der Waals surface area contributed by atoms with E-state index in [2.05, 4.69) is 9.44 Å². The molecular weight excluding hydrogens is 380 g/mol. The smallest absolute Gasteiger partial charge is 0.304 e. The fourth-order valence-electron chi connectivity index (χ4n) is 3.48. The predicted molar refractivity (Wildman–Crippen MR) is 96.0 cm³/mol. The van der Waals surface area contributed by atoms with E-state index >= 15 is 0 Å². The second kappa shape index (κ2) is 6.08. The maximum absolute atomic E-state index is 13.0. The van der Waals surface area contributed by atoms with Crippen LogP contribution in [-0.4, -0.2) is 30.6 Å². The van der Waals surface area contributed by atoms with E-state index in [1.165, 1.54) is 0 Å². The van der Waals surface area contributed by atoms with Crippen LogP contribution in [0.25, 0.3) is 0 Å². The van der Waals surface area contributed by atoms with Crippen molar-refractivity contribution < 1.29 is 22.0 Å². The number of amides is 1. The standard InChI is InChI=1S/C17H13ClN2O5S/c18-11-5-6-14-15(19-25-26(22,23)24)9-12-7-10-3-1-2-4-13(10)17(21)20(12)16(14)8-11/h1-6,8,12H,7,9H2,(H,22,23,24)/b19-15+. The molecule has 0 saturated heterocycles. The molecule has 0 saturated carbocycles. The van der Waals surface area contributed by atoms with Gasteiger partial charge in [-0.05, 0) is 36.2 Å². The topological polar surface area (TPSA) is 96.3 Å². The van der Waals surface area contributed by atoms with Crippen molar-refractivity contribution in [3.63, 3.8) is 0 Å². The number of hydrogen-bond acceptors (Lipinski definition) is 5. The molecular formula is C17H13ClN2O5S. The van der Waals surface area contributed by atoms with Crippen LogP contribution in [0.4, 0.5) is 5.69 Å². The molecule has 1 N–H and O–H groups in total. The molecule has 9 heteroatoms. The van der Waals surface area contributed by atoms with Gasteiger partial charge in [0.05, 0.1) is 11.4 Å². The minimum atomic E-state index is -4.72. The van der Waals surface area contributed by atoms with Gasteiger partial charge in [0.25, 0.3) is 5.91 Å². The number of fused-ring (bicyclic) bond motifs is 4. The first-order valence-electron chi connectivity index (χ1n) is 7.78. The first kappa shape index (κ1) is 17.0. The molecule has 0 radical (unpaired) electrons. The van der Waals surface area contributed by atoms with Gasteiger partial charge in [-0.1, -0.05) is 35.0 Å². The Kier molecular flexibility index (Phi) is 3.98. The van der Waals surface area contributed by atoms with E-state index in [4.69, 9.17) is 16.2 Å². The van der Waals surface area contributed by atoms with Crippen molar-refractivity contribution in [3.8, 4) is 0 Å². The Morgan fingerprint density at radius 3 is 2.69 bits per heavy atom. The van der Waals surface area contributed by atoms with Crippen LogP contribution in [0.5, 0.6) is 0 Å². The summed E-state index contributed by atoms with van der Waals surface area (Å²) in [7, 11) is -4.72. The van der Waals surface area contributed by atoms with Crippen molar-refractivity contribution >= 4 is 39.3 Å². The van der Waals surface area contributed by atoms with Crippen LogP contribution in [0.3, 0.4) is 0 Å². The van der Waals surface area contributed by atoms with Crippen molar-refractivity contribution in [1.82, 2.24) is 0 Å². The highest BCUT2D eigenvalue weighted by atomic mass is 35.5. The Morgan fingerprint density at radius 1 is 1.15 bits per heavy atom. The Labute approximate surface area is 154 Å². The lowest BCUT2D eigenvalue weighted by Gasteiger charge is -2.41. The van der Waals surface area contributed by atoms with E-state index in [1.807, 2.05) is 18.2 Å². The third kappa shape index (κ3) is 2.96. The number of hydrogen-bond donors (Lipinski definition) is 1. The van der Waals surface area contributed by atoms with Gasteiger partial charge in [-0.2, -0.15) is 8.42 Å². The number of carbonyl (C=O) groups is 1. The summed E-state index contributed by atoms with van der Waals surface area (Å²) in [6.07, 6.45) is 0.864. The van der Waals surface area contributed by atoms with E-state index < -0.39 is 10.4 Å².